The minimum Gasteiger partial charge on any atom is -0.322 e. The van der Waals surface area contributed by atoms with Crippen LogP contribution in [0.25, 0.3) is 5.69 Å². The monoisotopic (exact) mass is 322 g/mol. The molecule has 2 aromatic heterocycles. The van der Waals surface area contributed by atoms with Crippen molar-refractivity contribution in [3.05, 3.63) is 66.2 Å². The molecule has 2 heterocycles. The van der Waals surface area contributed by atoms with Crippen LogP contribution in [0.15, 0.2) is 55.0 Å². The third kappa shape index (κ3) is 3.82. The average molecular weight is 322 g/mol. The van der Waals surface area contributed by atoms with Gasteiger partial charge in [-0.2, -0.15) is 0 Å². The first-order valence-corrected chi connectivity index (χ1v) is 7.49. The molecular weight excluding hydrogens is 304 g/mol. The summed E-state index contributed by atoms with van der Waals surface area (Å²) in [6, 6.07) is 11.0. The van der Waals surface area contributed by atoms with Crippen LogP contribution in [-0.4, -0.2) is 44.9 Å². The maximum Gasteiger partial charge on any atom is 0.257 e. The number of benzene rings is 1. The van der Waals surface area contributed by atoms with Crippen LogP contribution in [0.2, 0.25) is 0 Å². The van der Waals surface area contributed by atoms with Crippen molar-refractivity contribution in [2.45, 2.75) is 6.54 Å². The van der Waals surface area contributed by atoms with E-state index in [0.717, 1.165) is 17.9 Å². The number of nitrogens with zero attached hydrogens (tertiary/aromatic N) is 5. The number of hydrogen-bond acceptors (Lipinski definition) is 5. The molecule has 7 heteroatoms. The summed E-state index contributed by atoms with van der Waals surface area (Å²) >= 11 is 0. The highest BCUT2D eigenvalue weighted by Crippen LogP contribution is 2.13. The topological polar surface area (TPSA) is 75.9 Å². The lowest BCUT2D eigenvalue weighted by Crippen LogP contribution is -2.14. The molecule has 3 aromatic rings. The van der Waals surface area contributed by atoms with Crippen LogP contribution < -0.4 is 5.32 Å². The Morgan fingerprint density at radius 3 is 2.54 bits per heavy atom. The van der Waals surface area contributed by atoms with Gasteiger partial charge >= 0.3 is 0 Å². The van der Waals surface area contributed by atoms with Crippen LogP contribution in [0.3, 0.4) is 0 Å². The fourth-order valence-corrected chi connectivity index (χ4v) is 2.22. The number of carbonyl (C=O) groups is 1. The Labute approximate surface area is 139 Å². The Bertz CT molecular complexity index is 794. The molecule has 24 heavy (non-hydrogen) atoms. The summed E-state index contributed by atoms with van der Waals surface area (Å²) in [4.78, 5) is 18.6. The molecule has 122 valence electrons. The molecule has 0 radical (unpaired) electrons. The second-order valence-electron chi connectivity index (χ2n) is 5.62. The van der Waals surface area contributed by atoms with Crippen molar-refractivity contribution in [1.29, 1.82) is 0 Å². The Morgan fingerprint density at radius 1 is 1.17 bits per heavy atom. The van der Waals surface area contributed by atoms with Gasteiger partial charge in [0.15, 0.2) is 0 Å². The van der Waals surface area contributed by atoms with Gasteiger partial charge < -0.3 is 10.2 Å². The van der Waals surface area contributed by atoms with E-state index in [9.17, 15) is 4.79 Å². The summed E-state index contributed by atoms with van der Waals surface area (Å²) in [5.74, 6) is -0.188. The predicted molar refractivity (Wildman–Crippen MR) is 90.9 cm³/mol. The van der Waals surface area contributed by atoms with Crippen molar-refractivity contribution in [3.63, 3.8) is 0 Å². The fraction of sp³-hybridized carbons (Fsp3) is 0.176. The summed E-state index contributed by atoms with van der Waals surface area (Å²) in [6.07, 6.45) is 4.97. The Morgan fingerprint density at radius 2 is 1.96 bits per heavy atom. The van der Waals surface area contributed by atoms with Crippen molar-refractivity contribution in [2.24, 2.45) is 0 Å². The predicted octanol–water partition coefficient (Wildman–Crippen LogP) is 1.98. The average Bonchev–Trinajstić information content (AvgIpc) is 3.10. The van der Waals surface area contributed by atoms with Gasteiger partial charge in [0.2, 0.25) is 0 Å². The number of rotatable bonds is 5. The fourth-order valence-electron chi connectivity index (χ4n) is 2.22. The molecule has 0 bridgehead atoms. The lowest BCUT2D eigenvalue weighted by molar-refractivity contribution is 0.102. The highest BCUT2D eigenvalue weighted by Gasteiger charge is 2.07. The molecule has 1 aromatic carbocycles. The zero-order chi connectivity index (χ0) is 16.9. The number of aromatic nitrogens is 4. The maximum absolute atomic E-state index is 12.3. The largest absolute Gasteiger partial charge is 0.322 e. The Kier molecular flexibility index (Phi) is 4.62. The molecule has 0 fully saturated rings. The molecule has 3 rings (SSSR count). The van der Waals surface area contributed by atoms with Crippen LogP contribution in [-0.2, 0) is 6.54 Å². The number of nitrogens with one attached hydrogen (secondary N) is 1. The van der Waals surface area contributed by atoms with E-state index in [2.05, 4.69) is 20.6 Å². The summed E-state index contributed by atoms with van der Waals surface area (Å²) in [5, 5.41) is 10.5. The second kappa shape index (κ2) is 7.01. The van der Waals surface area contributed by atoms with Crippen molar-refractivity contribution in [2.75, 3.05) is 19.4 Å². The van der Waals surface area contributed by atoms with Crippen molar-refractivity contribution >= 4 is 11.6 Å². The van der Waals surface area contributed by atoms with Crippen molar-refractivity contribution < 1.29 is 4.79 Å². The molecule has 0 saturated heterocycles. The van der Waals surface area contributed by atoms with Crippen molar-refractivity contribution in [3.8, 4) is 5.69 Å². The summed E-state index contributed by atoms with van der Waals surface area (Å²) in [5.41, 5.74) is 3.04. The molecule has 0 aliphatic rings. The quantitative estimate of drug-likeness (QED) is 0.777. The number of carbonyl (C=O) groups excluding carboxylic acids is 1. The van der Waals surface area contributed by atoms with E-state index in [4.69, 9.17) is 0 Å². The van der Waals surface area contributed by atoms with Gasteiger partial charge in [0, 0.05) is 18.4 Å². The van der Waals surface area contributed by atoms with E-state index >= 15 is 0 Å². The standard InChI is InChI=1S/C17H18N6O/c1-22(2)12-15-4-3-13(11-18-15)17(24)20-14-5-7-16(8-6-14)23-10-9-19-21-23/h3-11H,12H2,1-2H3,(H,20,24). The van der Waals surface area contributed by atoms with Gasteiger partial charge in [-0.3, -0.25) is 9.78 Å². The molecular formula is C17H18N6O. The van der Waals surface area contributed by atoms with Gasteiger partial charge in [-0.15, -0.1) is 5.10 Å². The van der Waals surface area contributed by atoms with Crippen LogP contribution in [0, 0.1) is 0 Å². The molecule has 0 atom stereocenters. The first-order chi connectivity index (χ1) is 11.6. The van der Waals surface area contributed by atoms with Gasteiger partial charge in [0.25, 0.3) is 5.91 Å². The van der Waals surface area contributed by atoms with Crippen LogP contribution in [0.4, 0.5) is 5.69 Å². The zero-order valence-electron chi connectivity index (χ0n) is 13.5. The third-order valence-corrected chi connectivity index (χ3v) is 3.38. The van der Waals surface area contributed by atoms with Gasteiger partial charge in [-0.05, 0) is 50.5 Å². The number of hydrogen-bond donors (Lipinski definition) is 1. The molecule has 0 saturated carbocycles. The lowest BCUT2D eigenvalue weighted by atomic mass is 10.2. The summed E-state index contributed by atoms with van der Waals surface area (Å²) in [7, 11) is 3.95. The SMILES string of the molecule is CN(C)Cc1ccc(C(=O)Nc2ccc(-n3ccnn3)cc2)cn1. The highest BCUT2D eigenvalue weighted by atomic mass is 16.1. The van der Waals surface area contributed by atoms with E-state index in [0.29, 0.717) is 11.3 Å². The number of pyridine rings is 1. The first kappa shape index (κ1) is 15.8. The van der Waals surface area contributed by atoms with E-state index in [-0.39, 0.29) is 5.91 Å². The molecule has 7 nitrogen and oxygen atoms in total. The molecule has 0 unspecified atom stereocenters. The summed E-state index contributed by atoms with van der Waals surface area (Å²) < 4.78 is 1.65. The van der Waals surface area contributed by atoms with Gasteiger partial charge in [-0.1, -0.05) is 5.21 Å². The smallest absolute Gasteiger partial charge is 0.257 e. The molecule has 0 aliphatic heterocycles. The Balaban J connectivity index is 1.66. The van der Waals surface area contributed by atoms with E-state index in [1.165, 1.54) is 0 Å². The van der Waals surface area contributed by atoms with Gasteiger partial charge in [0.05, 0.1) is 29.3 Å². The minimum absolute atomic E-state index is 0.188. The normalized spacial score (nSPS) is 10.8. The minimum atomic E-state index is -0.188. The van der Waals surface area contributed by atoms with E-state index in [1.807, 2.05) is 49.3 Å². The zero-order valence-corrected chi connectivity index (χ0v) is 13.5. The molecule has 0 spiro atoms. The lowest BCUT2D eigenvalue weighted by Gasteiger charge is -2.09. The molecule has 1 amide bonds. The van der Waals surface area contributed by atoms with Gasteiger partial charge in [-0.25, -0.2) is 4.68 Å². The highest BCUT2D eigenvalue weighted by molar-refractivity contribution is 6.04. The first-order valence-electron chi connectivity index (χ1n) is 7.49. The second-order valence-corrected chi connectivity index (χ2v) is 5.62. The third-order valence-electron chi connectivity index (χ3n) is 3.38. The van der Waals surface area contributed by atoms with Crippen LogP contribution in [0.1, 0.15) is 16.1 Å². The summed E-state index contributed by atoms with van der Waals surface area (Å²) in [6.45, 7) is 0.742. The molecule has 0 aliphatic carbocycles. The molecule has 1 N–H and O–H groups in total. The number of amides is 1. The van der Waals surface area contributed by atoms with E-state index in [1.54, 1.807) is 29.3 Å². The maximum atomic E-state index is 12.3. The number of anilines is 1. The van der Waals surface area contributed by atoms with Gasteiger partial charge in [0.1, 0.15) is 0 Å². The van der Waals surface area contributed by atoms with E-state index < -0.39 is 0 Å². The van der Waals surface area contributed by atoms with Crippen LogP contribution >= 0.6 is 0 Å². The Hall–Kier alpha value is -3.06. The van der Waals surface area contributed by atoms with Crippen LogP contribution in [0.5, 0.6) is 0 Å². The van der Waals surface area contributed by atoms with Crippen molar-refractivity contribution in [1.82, 2.24) is 24.9 Å².